The van der Waals surface area contributed by atoms with Gasteiger partial charge in [-0.05, 0) is 44.0 Å². The molecule has 2 rings (SSSR count). The van der Waals surface area contributed by atoms with Crippen LogP contribution in [0.25, 0.3) is 0 Å². The Labute approximate surface area is 126 Å². The van der Waals surface area contributed by atoms with Crippen molar-refractivity contribution in [1.82, 2.24) is 5.32 Å². The summed E-state index contributed by atoms with van der Waals surface area (Å²) in [5.41, 5.74) is 4.46. The van der Waals surface area contributed by atoms with Gasteiger partial charge >= 0.3 is 0 Å². The Morgan fingerprint density at radius 1 is 1.05 bits per heavy atom. The van der Waals surface area contributed by atoms with E-state index in [1.807, 2.05) is 50.2 Å². The van der Waals surface area contributed by atoms with Gasteiger partial charge in [-0.1, -0.05) is 42.0 Å². The lowest BCUT2D eigenvalue weighted by atomic mass is 10.1. The highest BCUT2D eigenvalue weighted by Crippen LogP contribution is 2.10. The Hall–Kier alpha value is -2.13. The van der Waals surface area contributed by atoms with Gasteiger partial charge in [-0.15, -0.1) is 0 Å². The zero-order valence-corrected chi connectivity index (χ0v) is 12.8. The number of carbonyl (C=O) groups is 1. The van der Waals surface area contributed by atoms with Gasteiger partial charge in [0.25, 0.3) is 0 Å². The summed E-state index contributed by atoms with van der Waals surface area (Å²) in [6.45, 7) is 6.67. The topological polar surface area (TPSA) is 41.1 Å². The van der Waals surface area contributed by atoms with Crippen molar-refractivity contribution in [1.29, 1.82) is 0 Å². The molecule has 0 bridgehead atoms. The van der Waals surface area contributed by atoms with Gasteiger partial charge in [-0.2, -0.15) is 0 Å². The zero-order valence-electron chi connectivity index (χ0n) is 12.8. The molecule has 110 valence electrons. The number of amides is 1. The number of hydrogen-bond acceptors (Lipinski definition) is 2. The predicted molar refractivity (Wildman–Crippen MR) is 87.3 cm³/mol. The van der Waals surface area contributed by atoms with Gasteiger partial charge in [0.2, 0.25) is 5.91 Å². The summed E-state index contributed by atoms with van der Waals surface area (Å²) in [4.78, 5) is 12.1. The molecule has 21 heavy (non-hydrogen) atoms. The van der Waals surface area contributed by atoms with Gasteiger partial charge in [-0.3, -0.25) is 4.79 Å². The second kappa shape index (κ2) is 7.04. The first-order valence-electron chi connectivity index (χ1n) is 7.21. The monoisotopic (exact) mass is 282 g/mol. The first-order valence-corrected chi connectivity index (χ1v) is 7.21. The van der Waals surface area contributed by atoms with Crippen LogP contribution in [0.5, 0.6) is 0 Å². The molecule has 2 aromatic carbocycles. The summed E-state index contributed by atoms with van der Waals surface area (Å²) >= 11 is 0. The Balaban J connectivity index is 1.88. The molecule has 0 aliphatic heterocycles. The molecule has 0 radical (unpaired) electrons. The molecular formula is C18H22N2O. The maximum absolute atomic E-state index is 12.1. The lowest BCUT2D eigenvalue weighted by molar-refractivity contribution is -0.117. The van der Waals surface area contributed by atoms with E-state index in [1.165, 1.54) is 16.7 Å². The van der Waals surface area contributed by atoms with E-state index in [9.17, 15) is 4.79 Å². The average Bonchev–Trinajstić information content (AvgIpc) is 2.48. The molecule has 1 amide bonds. The largest absolute Gasteiger partial charge is 0.325 e. The predicted octanol–water partition coefficient (Wildman–Crippen LogP) is 3.42. The summed E-state index contributed by atoms with van der Waals surface area (Å²) in [5.74, 6) is -0.0209. The standard InChI is InChI=1S/C18H22N2O/c1-13-8-10-17(11-9-13)20-18(21)15(3)19-12-16-7-5-4-6-14(16)2/h4-11,15,19H,12H2,1-3H3,(H,20,21). The maximum Gasteiger partial charge on any atom is 0.241 e. The molecule has 0 aliphatic rings. The summed E-state index contributed by atoms with van der Waals surface area (Å²) in [7, 11) is 0. The number of benzene rings is 2. The maximum atomic E-state index is 12.1. The van der Waals surface area contributed by atoms with Crippen molar-refractivity contribution >= 4 is 11.6 Å². The van der Waals surface area contributed by atoms with E-state index >= 15 is 0 Å². The summed E-state index contributed by atoms with van der Waals surface area (Å²) in [6, 6.07) is 15.8. The molecule has 0 aliphatic carbocycles. The minimum absolute atomic E-state index is 0.0209. The fraction of sp³-hybridized carbons (Fsp3) is 0.278. The molecule has 0 fully saturated rings. The van der Waals surface area contributed by atoms with Crippen LogP contribution in [0.2, 0.25) is 0 Å². The quantitative estimate of drug-likeness (QED) is 0.882. The molecule has 0 heterocycles. The van der Waals surface area contributed by atoms with Gasteiger partial charge in [0.15, 0.2) is 0 Å². The average molecular weight is 282 g/mol. The van der Waals surface area contributed by atoms with E-state index < -0.39 is 0 Å². The smallest absolute Gasteiger partial charge is 0.241 e. The third-order valence-electron chi connectivity index (χ3n) is 3.57. The summed E-state index contributed by atoms with van der Waals surface area (Å²) < 4.78 is 0. The van der Waals surface area contributed by atoms with Crippen molar-refractivity contribution < 1.29 is 4.79 Å². The Kier molecular flexibility index (Phi) is 5.12. The second-order valence-corrected chi connectivity index (χ2v) is 5.38. The van der Waals surface area contributed by atoms with Gasteiger partial charge in [0.1, 0.15) is 0 Å². The highest BCUT2D eigenvalue weighted by molar-refractivity contribution is 5.94. The third-order valence-corrected chi connectivity index (χ3v) is 3.57. The number of anilines is 1. The highest BCUT2D eigenvalue weighted by atomic mass is 16.2. The Morgan fingerprint density at radius 3 is 2.38 bits per heavy atom. The van der Waals surface area contributed by atoms with Crippen LogP contribution in [0.3, 0.4) is 0 Å². The van der Waals surface area contributed by atoms with E-state index in [2.05, 4.69) is 29.7 Å². The minimum atomic E-state index is -0.245. The molecule has 2 N–H and O–H groups in total. The van der Waals surface area contributed by atoms with Gasteiger partial charge in [0.05, 0.1) is 6.04 Å². The molecule has 0 spiro atoms. The van der Waals surface area contributed by atoms with E-state index in [1.54, 1.807) is 0 Å². The second-order valence-electron chi connectivity index (χ2n) is 5.38. The molecule has 0 aromatic heterocycles. The van der Waals surface area contributed by atoms with Crippen LogP contribution < -0.4 is 10.6 Å². The molecule has 3 heteroatoms. The van der Waals surface area contributed by atoms with Crippen molar-refractivity contribution in [3.05, 3.63) is 65.2 Å². The zero-order chi connectivity index (χ0) is 15.2. The summed E-state index contributed by atoms with van der Waals surface area (Å²) in [5, 5.41) is 6.18. The van der Waals surface area contributed by atoms with Crippen LogP contribution >= 0.6 is 0 Å². The van der Waals surface area contributed by atoms with Crippen molar-refractivity contribution in [2.75, 3.05) is 5.32 Å². The van der Waals surface area contributed by atoms with Crippen LogP contribution in [0.4, 0.5) is 5.69 Å². The third kappa shape index (κ3) is 4.43. The molecular weight excluding hydrogens is 260 g/mol. The van der Waals surface area contributed by atoms with Gasteiger partial charge in [0, 0.05) is 12.2 Å². The summed E-state index contributed by atoms with van der Waals surface area (Å²) in [6.07, 6.45) is 0. The number of hydrogen-bond donors (Lipinski definition) is 2. The van der Waals surface area contributed by atoms with E-state index in [-0.39, 0.29) is 11.9 Å². The van der Waals surface area contributed by atoms with Crippen molar-refractivity contribution in [2.45, 2.75) is 33.4 Å². The number of rotatable bonds is 5. The van der Waals surface area contributed by atoms with Crippen molar-refractivity contribution in [3.63, 3.8) is 0 Å². The fourth-order valence-corrected chi connectivity index (χ4v) is 2.05. The van der Waals surface area contributed by atoms with E-state index in [0.717, 1.165) is 5.69 Å². The molecule has 0 saturated carbocycles. The fourth-order valence-electron chi connectivity index (χ4n) is 2.05. The Morgan fingerprint density at radius 2 is 1.71 bits per heavy atom. The molecule has 2 aromatic rings. The first-order chi connectivity index (χ1) is 10.1. The number of nitrogens with one attached hydrogen (secondary N) is 2. The van der Waals surface area contributed by atoms with E-state index in [4.69, 9.17) is 0 Å². The molecule has 1 atom stereocenters. The number of aryl methyl sites for hydroxylation is 2. The molecule has 0 saturated heterocycles. The van der Waals surface area contributed by atoms with Crippen LogP contribution in [-0.2, 0) is 11.3 Å². The van der Waals surface area contributed by atoms with Gasteiger partial charge in [-0.25, -0.2) is 0 Å². The van der Waals surface area contributed by atoms with Crippen molar-refractivity contribution in [2.24, 2.45) is 0 Å². The normalized spacial score (nSPS) is 12.0. The Bertz CT molecular complexity index is 605. The minimum Gasteiger partial charge on any atom is -0.325 e. The van der Waals surface area contributed by atoms with Gasteiger partial charge < -0.3 is 10.6 Å². The lowest BCUT2D eigenvalue weighted by Gasteiger charge is -2.15. The molecule has 3 nitrogen and oxygen atoms in total. The SMILES string of the molecule is Cc1ccc(NC(=O)C(C)NCc2ccccc2C)cc1. The first kappa shape index (κ1) is 15.3. The van der Waals surface area contributed by atoms with Crippen LogP contribution in [0.15, 0.2) is 48.5 Å². The molecule has 1 unspecified atom stereocenters. The highest BCUT2D eigenvalue weighted by Gasteiger charge is 2.12. The lowest BCUT2D eigenvalue weighted by Crippen LogP contribution is -2.37. The van der Waals surface area contributed by atoms with Crippen LogP contribution in [-0.4, -0.2) is 11.9 Å². The van der Waals surface area contributed by atoms with Crippen molar-refractivity contribution in [3.8, 4) is 0 Å². The van der Waals surface area contributed by atoms with Crippen LogP contribution in [0.1, 0.15) is 23.6 Å². The number of carbonyl (C=O) groups excluding carboxylic acids is 1. The van der Waals surface area contributed by atoms with E-state index in [0.29, 0.717) is 6.54 Å². The van der Waals surface area contributed by atoms with Crippen LogP contribution in [0, 0.1) is 13.8 Å².